The molecule has 0 radical (unpaired) electrons. The fourth-order valence-corrected chi connectivity index (χ4v) is 17.0. The molecule has 584 valence electrons. The van der Waals surface area contributed by atoms with Crippen molar-refractivity contribution < 1.29 is 0 Å². The molecule has 0 aliphatic carbocycles. The Kier molecular flexibility index (Phi) is 19.0. The van der Waals surface area contributed by atoms with Gasteiger partial charge in [0.2, 0.25) is 17.8 Å². The molecule has 24 rings (SSSR count). The van der Waals surface area contributed by atoms with Crippen LogP contribution in [0.3, 0.4) is 0 Å². The zero-order valence-corrected chi connectivity index (χ0v) is 67.5. The summed E-state index contributed by atoms with van der Waals surface area (Å²) in [5, 5.41) is 12.0. The lowest BCUT2D eigenvalue weighted by Crippen LogP contribution is -2.10. The van der Waals surface area contributed by atoms with Crippen LogP contribution in [0.1, 0.15) is 23.3 Å². The monoisotopic (exact) mass is 1590 g/mol. The van der Waals surface area contributed by atoms with Gasteiger partial charge in [-0.05, 0) is 125 Å². The van der Waals surface area contributed by atoms with Crippen molar-refractivity contribution in [2.75, 3.05) is 0 Å². The summed E-state index contributed by atoms with van der Waals surface area (Å²) in [6, 6.07) is 131. The van der Waals surface area contributed by atoms with Crippen molar-refractivity contribution in [1.82, 2.24) is 82.6 Å². The van der Waals surface area contributed by atoms with Gasteiger partial charge in [0, 0.05) is 93.1 Å². The van der Waals surface area contributed by atoms with E-state index in [0.29, 0.717) is 70.3 Å². The second-order valence-corrected chi connectivity index (χ2v) is 30.1. The van der Waals surface area contributed by atoms with Gasteiger partial charge >= 0.3 is 0 Å². The second kappa shape index (κ2) is 31.7. The standard InChI is InChI=1S/C28H19N5.2C28H20N4.C22H16N4/c1-18-29-27(32-23-14-6-2-10-19(23)20-11-3-7-15-24(20)32)31-28(30-18)33-25-16-8-4-12-21(25)22-13-5-9-17-26(22)33;1-19-29-27(20-10-4-2-5-11-20)31-28(30-19)21-16-17-26-24(18-21)23-14-8-9-15-25(23)32(26)22-12-6-3-7-13-22;1-19-29-27(20-10-3-2-4-11-20)31-28(30-19)21-12-9-13-22(18-21)32-25-16-7-5-14-23(25)24-15-6-8-17-26(24)32;1-15-23-21(16-9-3-2-4-10-16)25-22(24-15)26-19-13-7-5-11-17(19)18-12-6-8-14-20(18)26/h2-17H,1H3;2*2-18H,1H3;2-14H,1H3. The van der Waals surface area contributed by atoms with Crippen molar-refractivity contribution in [3.8, 4) is 86.2 Å². The Hall–Kier alpha value is -16.7. The van der Waals surface area contributed by atoms with E-state index in [1.54, 1.807) is 0 Å². The molecule has 123 heavy (non-hydrogen) atoms. The Morgan fingerprint density at radius 1 is 0.146 bits per heavy atom. The van der Waals surface area contributed by atoms with Crippen LogP contribution in [0.15, 0.2) is 382 Å². The first-order valence-electron chi connectivity index (χ1n) is 40.9. The van der Waals surface area contributed by atoms with Crippen molar-refractivity contribution >= 4 is 109 Å². The van der Waals surface area contributed by atoms with E-state index in [2.05, 4.69) is 326 Å². The first-order valence-corrected chi connectivity index (χ1v) is 40.9. The molecule has 0 aliphatic heterocycles. The highest BCUT2D eigenvalue weighted by atomic mass is 15.3. The van der Waals surface area contributed by atoms with Gasteiger partial charge in [0.25, 0.3) is 0 Å². The van der Waals surface area contributed by atoms with Gasteiger partial charge in [0.1, 0.15) is 23.3 Å². The predicted molar refractivity (Wildman–Crippen MR) is 497 cm³/mol. The Morgan fingerprint density at radius 3 is 0.724 bits per heavy atom. The minimum Gasteiger partial charge on any atom is -0.309 e. The highest BCUT2D eigenvalue weighted by molar-refractivity contribution is 6.13. The normalized spacial score (nSPS) is 11.4. The topological polar surface area (TPSA) is 179 Å². The molecule has 17 heteroatoms. The van der Waals surface area contributed by atoms with Crippen molar-refractivity contribution in [2.24, 2.45) is 0 Å². The minimum absolute atomic E-state index is 0.622. The number of rotatable bonds is 10. The molecule has 0 saturated heterocycles. The van der Waals surface area contributed by atoms with E-state index in [1.165, 1.54) is 70.4 Å². The van der Waals surface area contributed by atoms with Crippen molar-refractivity contribution in [1.29, 1.82) is 0 Å². The molecular weight excluding hydrogens is 1510 g/mol. The van der Waals surface area contributed by atoms with Gasteiger partial charge < -0.3 is 9.13 Å². The number of nitrogens with zero attached hydrogens (tertiary/aromatic N) is 17. The number of hydrogen-bond acceptors (Lipinski definition) is 12. The fraction of sp³-hybridized carbons (Fsp3) is 0.0377. The van der Waals surface area contributed by atoms with E-state index in [9.17, 15) is 0 Å². The molecule has 9 aromatic heterocycles. The van der Waals surface area contributed by atoms with Crippen LogP contribution in [-0.4, -0.2) is 82.6 Å². The Morgan fingerprint density at radius 2 is 0.374 bits per heavy atom. The van der Waals surface area contributed by atoms with Gasteiger partial charge in [-0.2, -0.15) is 24.9 Å². The summed E-state index contributed by atoms with van der Waals surface area (Å²) in [6.07, 6.45) is 0. The molecule has 0 aliphatic rings. The molecule has 0 atom stereocenters. The Balaban J connectivity index is 0.000000101. The first-order chi connectivity index (χ1) is 60.7. The molecule has 0 unspecified atom stereocenters. The van der Waals surface area contributed by atoms with Gasteiger partial charge in [-0.3, -0.25) is 13.7 Å². The van der Waals surface area contributed by atoms with Crippen LogP contribution in [0.5, 0.6) is 0 Å². The summed E-state index contributed by atoms with van der Waals surface area (Å²) in [6.45, 7) is 7.66. The average molecular weight is 1590 g/mol. The summed E-state index contributed by atoms with van der Waals surface area (Å²) in [4.78, 5) is 56.5. The van der Waals surface area contributed by atoms with Crippen LogP contribution in [-0.2, 0) is 0 Å². The third kappa shape index (κ3) is 13.8. The van der Waals surface area contributed by atoms with Gasteiger partial charge in [-0.15, -0.1) is 0 Å². The number of aryl methyl sites for hydroxylation is 4. The maximum absolute atomic E-state index is 5.02. The fourth-order valence-electron chi connectivity index (χ4n) is 17.0. The molecule has 0 N–H and O–H groups in total. The number of fused-ring (bicyclic) bond motifs is 15. The van der Waals surface area contributed by atoms with Crippen molar-refractivity contribution in [2.45, 2.75) is 27.7 Å². The molecular formula is C106H75N17. The number of benzene rings is 15. The number of para-hydroxylation sites is 10. The lowest BCUT2D eigenvalue weighted by Gasteiger charge is -2.11. The van der Waals surface area contributed by atoms with E-state index in [-0.39, 0.29) is 0 Å². The first kappa shape index (κ1) is 73.9. The summed E-state index contributed by atoms with van der Waals surface area (Å²) >= 11 is 0. The molecule has 0 fully saturated rings. The van der Waals surface area contributed by atoms with Crippen molar-refractivity contribution in [3.05, 3.63) is 405 Å². The molecule has 0 spiro atoms. The molecule has 24 aromatic rings. The van der Waals surface area contributed by atoms with Crippen LogP contribution in [0, 0.1) is 27.7 Å². The lowest BCUT2D eigenvalue weighted by molar-refractivity contribution is 0.855. The average Bonchev–Trinajstić information content (AvgIpc) is 1.61. The third-order valence-electron chi connectivity index (χ3n) is 22.3. The van der Waals surface area contributed by atoms with E-state index >= 15 is 0 Å². The van der Waals surface area contributed by atoms with Gasteiger partial charge in [-0.25, -0.2) is 34.9 Å². The van der Waals surface area contributed by atoms with Crippen LogP contribution in [0.2, 0.25) is 0 Å². The van der Waals surface area contributed by atoms with Crippen LogP contribution in [0.4, 0.5) is 0 Å². The maximum Gasteiger partial charge on any atom is 0.239 e. The Bertz CT molecular complexity index is 7790. The molecule has 17 nitrogen and oxygen atoms in total. The number of aromatic nitrogens is 17. The third-order valence-corrected chi connectivity index (χ3v) is 22.3. The molecule has 0 amide bonds. The van der Waals surface area contributed by atoms with Crippen LogP contribution in [0.25, 0.3) is 195 Å². The highest BCUT2D eigenvalue weighted by Crippen LogP contribution is 2.39. The zero-order chi connectivity index (χ0) is 82.4. The van der Waals surface area contributed by atoms with Gasteiger partial charge in [0.15, 0.2) is 29.1 Å². The predicted octanol–water partition coefficient (Wildman–Crippen LogP) is 24.5. The van der Waals surface area contributed by atoms with E-state index in [1.807, 2.05) is 137 Å². The van der Waals surface area contributed by atoms with Gasteiger partial charge in [-0.1, -0.05) is 285 Å². The van der Waals surface area contributed by atoms with E-state index in [4.69, 9.17) is 29.9 Å². The summed E-state index contributed by atoms with van der Waals surface area (Å²) in [5.41, 5.74) is 18.4. The van der Waals surface area contributed by atoms with Crippen LogP contribution < -0.4 is 0 Å². The number of hydrogen-bond donors (Lipinski definition) is 0. The molecule has 0 bridgehead atoms. The highest BCUT2D eigenvalue weighted by Gasteiger charge is 2.23. The maximum atomic E-state index is 5.02. The summed E-state index contributed by atoms with van der Waals surface area (Å²) in [5.74, 6) is 8.13. The SMILES string of the molecule is Cc1nc(-c2ccccc2)nc(-c2ccc3c(c2)c2ccccc2n3-c2ccccc2)n1.Cc1nc(-c2ccccc2)nc(-c2cccc(-n3c4ccccc4c4ccccc43)c2)n1.Cc1nc(-c2ccccc2)nc(-n2c3ccccc3c3ccccc32)n1.Cc1nc(-n2c3ccccc3c3ccccc32)nc(-n2c3ccccc3c3ccccc32)n1. The van der Waals surface area contributed by atoms with E-state index < -0.39 is 0 Å². The quantitative estimate of drug-likeness (QED) is 0.127. The van der Waals surface area contributed by atoms with Crippen molar-refractivity contribution in [3.63, 3.8) is 0 Å². The largest absolute Gasteiger partial charge is 0.309 e. The minimum atomic E-state index is 0.622. The second-order valence-electron chi connectivity index (χ2n) is 30.1. The van der Waals surface area contributed by atoms with Gasteiger partial charge in [0.05, 0.1) is 55.2 Å². The Labute approximate surface area is 706 Å². The van der Waals surface area contributed by atoms with Crippen LogP contribution >= 0.6 is 0 Å². The lowest BCUT2D eigenvalue weighted by atomic mass is 10.1. The van der Waals surface area contributed by atoms with E-state index in [0.717, 1.165) is 77.8 Å². The zero-order valence-electron chi connectivity index (χ0n) is 67.5. The molecule has 15 aromatic carbocycles. The smallest absolute Gasteiger partial charge is 0.239 e. The summed E-state index contributed by atoms with van der Waals surface area (Å²) < 4.78 is 11.0. The molecule has 0 saturated carbocycles. The summed E-state index contributed by atoms with van der Waals surface area (Å²) in [7, 11) is 0. The molecule has 9 heterocycles.